The fraction of sp³-hybridized carbons (Fsp3) is 0.467. The second-order valence-corrected chi connectivity index (χ2v) is 10.3. The number of aliphatic hydroxyl groups excluding tert-OH is 1. The van der Waals surface area contributed by atoms with Gasteiger partial charge in [0.1, 0.15) is 0 Å². The van der Waals surface area contributed by atoms with E-state index >= 15 is 0 Å². The zero-order valence-corrected chi connectivity index (χ0v) is 22.4. The number of carbonyl (C=O) groups is 1. The van der Waals surface area contributed by atoms with E-state index in [2.05, 4.69) is 24.2 Å². The molecule has 2 aromatic carbocycles. The molecule has 5 nitrogen and oxygen atoms in total. The van der Waals surface area contributed by atoms with E-state index in [1.165, 1.54) is 5.56 Å². The molecule has 0 spiro atoms. The average Bonchev–Trinajstić information content (AvgIpc) is 2.78. The Bertz CT molecular complexity index is 1040. The number of nitrogens with one attached hydrogen (secondary N) is 1. The predicted molar refractivity (Wildman–Crippen MR) is 146 cm³/mol. The maximum atomic E-state index is 12.9. The molecule has 1 atom stereocenters. The summed E-state index contributed by atoms with van der Waals surface area (Å²) in [4.78, 5) is 17.5. The average molecular weight is 479 g/mol. The second kappa shape index (κ2) is 12.8. The maximum absolute atomic E-state index is 12.9. The SMILES string of the molecule is C/C=C(\N=C(C)C(C)(C)O)c1ccc(C[C@@H](CCO)NC(=O)c2ccc(CC(C)C)c(C)c2)cc1. The number of allylic oxidation sites excluding steroid dienone is 1. The van der Waals surface area contributed by atoms with E-state index in [1.807, 2.05) is 69.3 Å². The summed E-state index contributed by atoms with van der Waals surface area (Å²) in [5, 5.41) is 22.8. The fourth-order valence-electron chi connectivity index (χ4n) is 3.87. The van der Waals surface area contributed by atoms with Crippen LogP contribution in [0.2, 0.25) is 0 Å². The van der Waals surface area contributed by atoms with Crippen molar-refractivity contribution in [1.29, 1.82) is 0 Å². The minimum Gasteiger partial charge on any atom is -0.396 e. The van der Waals surface area contributed by atoms with E-state index < -0.39 is 5.60 Å². The molecule has 2 rings (SSSR count). The molecule has 0 saturated heterocycles. The quantitative estimate of drug-likeness (QED) is 0.373. The van der Waals surface area contributed by atoms with E-state index in [4.69, 9.17) is 0 Å². The molecule has 0 radical (unpaired) electrons. The number of hydrogen-bond acceptors (Lipinski definition) is 4. The summed E-state index contributed by atoms with van der Waals surface area (Å²) in [6.45, 7) is 13.6. The number of amides is 1. The van der Waals surface area contributed by atoms with Gasteiger partial charge >= 0.3 is 0 Å². The van der Waals surface area contributed by atoms with Crippen LogP contribution in [0, 0.1) is 12.8 Å². The molecule has 190 valence electrons. The molecule has 0 aliphatic carbocycles. The Morgan fingerprint density at radius 1 is 1.09 bits per heavy atom. The van der Waals surface area contributed by atoms with Gasteiger partial charge in [-0.2, -0.15) is 0 Å². The van der Waals surface area contributed by atoms with Crippen molar-refractivity contribution in [2.75, 3.05) is 6.61 Å². The molecule has 5 heteroatoms. The first kappa shape index (κ1) is 28.5. The third-order valence-corrected chi connectivity index (χ3v) is 6.22. The molecule has 0 saturated carbocycles. The molecule has 0 heterocycles. The van der Waals surface area contributed by atoms with Gasteiger partial charge in [-0.15, -0.1) is 0 Å². The number of hydrogen-bond donors (Lipinski definition) is 3. The van der Waals surface area contributed by atoms with Crippen LogP contribution in [-0.4, -0.2) is 40.1 Å². The minimum atomic E-state index is -0.975. The summed E-state index contributed by atoms with van der Waals surface area (Å²) in [6, 6.07) is 13.8. The van der Waals surface area contributed by atoms with Gasteiger partial charge in [-0.3, -0.25) is 9.79 Å². The van der Waals surface area contributed by atoms with Gasteiger partial charge in [-0.25, -0.2) is 0 Å². The number of carbonyl (C=O) groups excluding carboxylic acids is 1. The summed E-state index contributed by atoms with van der Waals surface area (Å²) >= 11 is 0. The first-order chi connectivity index (χ1) is 16.4. The van der Waals surface area contributed by atoms with E-state index in [1.54, 1.807) is 13.8 Å². The van der Waals surface area contributed by atoms with E-state index in [0.717, 1.165) is 28.8 Å². The van der Waals surface area contributed by atoms with Gasteiger partial charge in [0.05, 0.1) is 11.3 Å². The molecular formula is C30H42N2O3. The van der Waals surface area contributed by atoms with E-state index in [9.17, 15) is 15.0 Å². The number of aliphatic hydroxyl groups is 2. The van der Waals surface area contributed by atoms with E-state index in [-0.39, 0.29) is 18.6 Å². The Balaban J connectivity index is 2.12. The molecule has 1 amide bonds. The lowest BCUT2D eigenvalue weighted by Crippen LogP contribution is -2.37. The summed E-state index contributed by atoms with van der Waals surface area (Å²) < 4.78 is 0. The number of benzene rings is 2. The maximum Gasteiger partial charge on any atom is 0.251 e. The van der Waals surface area contributed by atoms with Crippen molar-refractivity contribution in [2.24, 2.45) is 10.9 Å². The molecular weight excluding hydrogens is 436 g/mol. The van der Waals surface area contributed by atoms with Crippen LogP contribution in [0.4, 0.5) is 0 Å². The number of nitrogens with zero attached hydrogens (tertiary/aromatic N) is 1. The molecule has 3 N–H and O–H groups in total. The van der Waals surface area contributed by atoms with Crippen molar-refractivity contribution in [3.8, 4) is 0 Å². The molecule has 2 aromatic rings. The molecule has 0 fully saturated rings. The smallest absolute Gasteiger partial charge is 0.251 e. The van der Waals surface area contributed by atoms with Gasteiger partial charge in [-0.05, 0) is 94.2 Å². The Morgan fingerprint density at radius 3 is 2.23 bits per heavy atom. The monoisotopic (exact) mass is 478 g/mol. The van der Waals surface area contributed by atoms with Crippen molar-refractivity contribution in [3.63, 3.8) is 0 Å². The summed E-state index contributed by atoms with van der Waals surface area (Å²) in [5.41, 5.74) is 5.53. The third-order valence-electron chi connectivity index (χ3n) is 6.22. The molecule has 0 aliphatic rings. The Kier molecular flexibility index (Phi) is 10.4. The number of rotatable bonds is 11. The van der Waals surface area contributed by atoms with Gasteiger partial charge in [0.15, 0.2) is 0 Å². The topological polar surface area (TPSA) is 81.9 Å². The van der Waals surface area contributed by atoms with Crippen LogP contribution in [0.15, 0.2) is 53.5 Å². The minimum absolute atomic E-state index is 0.00302. The van der Waals surface area contributed by atoms with Gasteiger partial charge in [0.25, 0.3) is 5.91 Å². The zero-order chi connectivity index (χ0) is 26.2. The highest BCUT2D eigenvalue weighted by atomic mass is 16.3. The van der Waals surface area contributed by atoms with Gasteiger partial charge in [0, 0.05) is 23.9 Å². The summed E-state index contributed by atoms with van der Waals surface area (Å²) in [5.74, 6) is 0.446. The van der Waals surface area contributed by atoms with Crippen LogP contribution < -0.4 is 5.32 Å². The van der Waals surface area contributed by atoms with E-state index in [0.29, 0.717) is 30.0 Å². The van der Waals surface area contributed by atoms with Crippen LogP contribution in [0.3, 0.4) is 0 Å². The zero-order valence-electron chi connectivity index (χ0n) is 22.4. The first-order valence-corrected chi connectivity index (χ1v) is 12.5. The Morgan fingerprint density at radius 2 is 1.71 bits per heavy atom. The van der Waals surface area contributed by atoms with Crippen LogP contribution in [0.1, 0.15) is 80.6 Å². The fourth-order valence-corrected chi connectivity index (χ4v) is 3.87. The third kappa shape index (κ3) is 8.75. The van der Waals surface area contributed by atoms with Crippen molar-refractivity contribution < 1.29 is 15.0 Å². The number of aryl methyl sites for hydroxylation is 1. The molecule has 0 bridgehead atoms. The standard InChI is InChI=1S/C30H42N2O3/c1-8-28(31-22(5)30(6,7)35)24-11-9-23(10-12-24)19-27(15-16-33)32-29(34)26-14-13-25(17-20(2)3)21(4)18-26/h8-14,18,20,27,33,35H,15-17,19H2,1-7H3,(H,32,34)/b28-8-,31-22?/t27-/m1/s1. The number of aliphatic imine (C=N–C) groups is 1. The summed E-state index contributed by atoms with van der Waals surface area (Å²) in [7, 11) is 0. The first-order valence-electron chi connectivity index (χ1n) is 12.5. The van der Waals surface area contributed by atoms with Crippen molar-refractivity contribution in [1.82, 2.24) is 5.32 Å². The van der Waals surface area contributed by atoms with Gasteiger partial charge in [0.2, 0.25) is 0 Å². The lowest BCUT2D eigenvalue weighted by Gasteiger charge is -2.19. The molecule has 0 aromatic heterocycles. The highest BCUT2D eigenvalue weighted by Crippen LogP contribution is 2.20. The second-order valence-electron chi connectivity index (χ2n) is 10.3. The highest BCUT2D eigenvalue weighted by molar-refractivity contribution is 5.95. The largest absolute Gasteiger partial charge is 0.396 e. The highest BCUT2D eigenvalue weighted by Gasteiger charge is 2.18. The van der Waals surface area contributed by atoms with Crippen LogP contribution in [0.25, 0.3) is 5.70 Å². The lowest BCUT2D eigenvalue weighted by atomic mass is 9.96. The normalized spacial score (nSPS) is 13.8. The van der Waals surface area contributed by atoms with Gasteiger partial charge in [-0.1, -0.05) is 50.3 Å². The molecule has 0 aliphatic heterocycles. The summed E-state index contributed by atoms with van der Waals surface area (Å²) in [6.07, 6.45) is 4.02. The predicted octanol–water partition coefficient (Wildman–Crippen LogP) is 5.51. The van der Waals surface area contributed by atoms with Crippen molar-refractivity contribution in [2.45, 2.75) is 79.4 Å². The van der Waals surface area contributed by atoms with Crippen molar-refractivity contribution >= 4 is 17.3 Å². The molecule has 0 unspecified atom stereocenters. The lowest BCUT2D eigenvalue weighted by molar-refractivity contribution is 0.0930. The van der Waals surface area contributed by atoms with Crippen LogP contribution >= 0.6 is 0 Å². The van der Waals surface area contributed by atoms with Crippen LogP contribution in [-0.2, 0) is 12.8 Å². The Hall–Kier alpha value is -2.76. The van der Waals surface area contributed by atoms with Crippen molar-refractivity contribution in [3.05, 3.63) is 76.4 Å². The van der Waals surface area contributed by atoms with Crippen LogP contribution in [0.5, 0.6) is 0 Å². The Labute approximate surface area is 211 Å². The van der Waals surface area contributed by atoms with Gasteiger partial charge < -0.3 is 15.5 Å². The molecule has 35 heavy (non-hydrogen) atoms.